The van der Waals surface area contributed by atoms with E-state index in [9.17, 15) is 19.1 Å². The van der Waals surface area contributed by atoms with Crippen LogP contribution in [-0.2, 0) is 9.59 Å². The molecule has 0 saturated carbocycles. The summed E-state index contributed by atoms with van der Waals surface area (Å²) in [6, 6.07) is 6.15. The molecule has 2 amide bonds. The summed E-state index contributed by atoms with van der Waals surface area (Å²) in [6.07, 6.45) is 2.41. The van der Waals surface area contributed by atoms with Crippen molar-refractivity contribution in [3.8, 4) is 11.3 Å². The number of nitrogens with zero attached hydrogens (tertiary/aromatic N) is 6. The minimum atomic E-state index is -0.939. The van der Waals surface area contributed by atoms with Crippen molar-refractivity contribution in [3.05, 3.63) is 36.3 Å². The summed E-state index contributed by atoms with van der Waals surface area (Å²) in [7, 11) is 0. The Kier molecular flexibility index (Phi) is 8.19. The average molecular weight is 486 g/mol. The monoisotopic (exact) mass is 485 g/mol. The number of aromatic nitrogens is 3. The van der Waals surface area contributed by atoms with Crippen LogP contribution < -0.4 is 10.2 Å². The first kappa shape index (κ1) is 24.9. The van der Waals surface area contributed by atoms with E-state index in [1.165, 1.54) is 12.1 Å². The van der Waals surface area contributed by atoms with Gasteiger partial charge < -0.3 is 20.2 Å². The molecular formula is C24H32FN7O3. The predicted molar refractivity (Wildman–Crippen MR) is 128 cm³/mol. The lowest BCUT2D eigenvalue weighted by Gasteiger charge is -2.35. The third kappa shape index (κ3) is 6.49. The molecule has 0 radical (unpaired) electrons. The maximum atomic E-state index is 13.2. The van der Waals surface area contributed by atoms with Gasteiger partial charge in [-0.1, -0.05) is 6.92 Å². The topological polar surface area (TPSA) is 115 Å². The summed E-state index contributed by atoms with van der Waals surface area (Å²) < 4.78 is 13.2. The number of likely N-dealkylation sites (tertiary alicyclic amines) is 1. The predicted octanol–water partition coefficient (Wildman–Crippen LogP) is 0.678. The van der Waals surface area contributed by atoms with Gasteiger partial charge >= 0.3 is 0 Å². The number of nitrogens with one attached hydrogen (secondary N) is 1. The first-order valence-electron chi connectivity index (χ1n) is 12.1. The molecule has 188 valence electrons. The first-order chi connectivity index (χ1) is 16.9. The Bertz CT molecular complexity index is 1010. The largest absolute Gasteiger partial charge is 0.383 e. The van der Waals surface area contributed by atoms with Gasteiger partial charge in [-0.3, -0.25) is 14.5 Å². The van der Waals surface area contributed by atoms with Gasteiger partial charge in [-0.2, -0.15) is 5.10 Å². The van der Waals surface area contributed by atoms with Crippen molar-refractivity contribution in [1.29, 1.82) is 0 Å². The molecule has 1 aromatic heterocycles. The quantitative estimate of drug-likeness (QED) is 0.589. The molecule has 3 heterocycles. The molecule has 0 aliphatic carbocycles. The molecule has 2 saturated heterocycles. The Hall–Kier alpha value is -3.18. The molecule has 2 aliphatic heterocycles. The number of aliphatic hydroxyl groups excluding tert-OH is 1. The molecule has 0 bridgehead atoms. The lowest BCUT2D eigenvalue weighted by molar-refractivity contribution is -0.141. The molecule has 10 nitrogen and oxygen atoms in total. The molecule has 4 rings (SSSR count). The lowest BCUT2D eigenvalue weighted by Crippen LogP contribution is -2.53. The third-order valence-electron chi connectivity index (χ3n) is 6.55. The molecule has 11 heteroatoms. The number of aliphatic hydroxyl groups is 1. The SMILES string of the molecule is CC[C@@H](O)C(=O)N1CCC(NC(=O)CN2CCN(c3nncc(-c4ccc(F)cc4)n3)CC2)CC1. The van der Waals surface area contributed by atoms with E-state index >= 15 is 0 Å². The molecule has 0 spiro atoms. The minimum absolute atomic E-state index is 0.0203. The fourth-order valence-electron chi connectivity index (χ4n) is 4.40. The number of halogens is 1. The number of piperidine rings is 1. The summed E-state index contributed by atoms with van der Waals surface area (Å²) in [5.74, 6) is -0.0282. The Labute approximate surface area is 204 Å². The van der Waals surface area contributed by atoms with Gasteiger partial charge in [0.25, 0.3) is 5.91 Å². The molecule has 1 atom stereocenters. The fraction of sp³-hybridized carbons (Fsp3) is 0.542. The smallest absolute Gasteiger partial charge is 0.251 e. The van der Waals surface area contributed by atoms with Gasteiger partial charge in [0, 0.05) is 50.9 Å². The second kappa shape index (κ2) is 11.5. The average Bonchev–Trinajstić information content (AvgIpc) is 2.89. The van der Waals surface area contributed by atoms with Crippen molar-refractivity contribution in [2.45, 2.75) is 38.3 Å². The van der Waals surface area contributed by atoms with Crippen molar-refractivity contribution >= 4 is 17.8 Å². The number of anilines is 1. The van der Waals surface area contributed by atoms with Crippen LogP contribution in [-0.4, -0.2) is 99.9 Å². The number of hydrogen-bond donors (Lipinski definition) is 2. The van der Waals surface area contributed by atoms with Crippen molar-refractivity contribution in [2.24, 2.45) is 0 Å². The molecule has 35 heavy (non-hydrogen) atoms. The molecular weight excluding hydrogens is 453 g/mol. The van der Waals surface area contributed by atoms with E-state index in [2.05, 4.69) is 25.4 Å². The summed E-state index contributed by atoms with van der Waals surface area (Å²) in [5, 5.41) is 21.0. The highest BCUT2D eigenvalue weighted by Crippen LogP contribution is 2.19. The number of piperazine rings is 1. The van der Waals surface area contributed by atoms with Crippen molar-refractivity contribution in [2.75, 3.05) is 50.7 Å². The normalized spacial score (nSPS) is 18.4. The van der Waals surface area contributed by atoms with E-state index in [4.69, 9.17) is 0 Å². The number of hydrogen-bond acceptors (Lipinski definition) is 8. The van der Waals surface area contributed by atoms with Crippen molar-refractivity contribution in [3.63, 3.8) is 0 Å². The van der Waals surface area contributed by atoms with Crippen LogP contribution >= 0.6 is 0 Å². The van der Waals surface area contributed by atoms with Crippen LogP contribution in [0.15, 0.2) is 30.5 Å². The number of amides is 2. The van der Waals surface area contributed by atoms with E-state index in [0.29, 0.717) is 76.7 Å². The van der Waals surface area contributed by atoms with Gasteiger partial charge in [0.2, 0.25) is 11.9 Å². The van der Waals surface area contributed by atoms with Gasteiger partial charge in [-0.15, -0.1) is 5.10 Å². The van der Waals surface area contributed by atoms with Gasteiger partial charge in [0.05, 0.1) is 18.4 Å². The summed E-state index contributed by atoms with van der Waals surface area (Å²) >= 11 is 0. The lowest BCUT2D eigenvalue weighted by atomic mass is 10.0. The van der Waals surface area contributed by atoms with Crippen LogP contribution in [0.2, 0.25) is 0 Å². The van der Waals surface area contributed by atoms with Gasteiger partial charge in [0.15, 0.2) is 0 Å². The molecule has 2 N–H and O–H groups in total. The van der Waals surface area contributed by atoms with E-state index in [0.717, 1.165) is 5.56 Å². The van der Waals surface area contributed by atoms with E-state index in [1.807, 2.05) is 4.90 Å². The van der Waals surface area contributed by atoms with Gasteiger partial charge in [-0.05, 0) is 43.5 Å². The number of carbonyl (C=O) groups excluding carboxylic acids is 2. The number of benzene rings is 1. The number of rotatable bonds is 7. The Morgan fingerprint density at radius 3 is 2.46 bits per heavy atom. The van der Waals surface area contributed by atoms with Gasteiger partial charge in [0.1, 0.15) is 11.9 Å². The van der Waals surface area contributed by atoms with Crippen molar-refractivity contribution in [1.82, 2.24) is 30.3 Å². The van der Waals surface area contributed by atoms with Crippen LogP contribution in [0.3, 0.4) is 0 Å². The maximum absolute atomic E-state index is 13.2. The first-order valence-corrected chi connectivity index (χ1v) is 12.1. The number of carbonyl (C=O) groups is 2. The molecule has 2 aromatic rings. The van der Waals surface area contributed by atoms with Gasteiger partial charge in [-0.25, -0.2) is 9.37 Å². The Balaban J connectivity index is 1.21. The van der Waals surface area contributed by atoms with Crippen LogP contribution in [0, 0.1) is 5.82 Å². The zero-order valence-electron chi connectivity index (χ0n) is 19.9. The Morgan fingerprint density at radius 1 is 1.11 bits per heavy atom. The highest BCUT2D eigenvalue weighted by molar-refractivity contribution is 5.81. The van der Waals surface area contributed by atoms with Crippen LogP contribution in [0.4, 0.5) is 10.3 Å². The summed E-state index contributed by atoms with van der Waals surface area (Å²) in [6.45, 7) is 5.92. The maximum Gasteiger partial charge on any atom is 0.251 e. The zero-order valence-corrected chi connectivity index (χ0v) is 19.9. The zero-order chi connectivity index (χ0) is 24.8. The van der Waals surface area contributed by atoms with Crippen LogP contribution in [0.5, 0.6) is 0 Å². The second-order valence-corrected chi connectivity index (χ2v) is 9.00. The Morgan fingerprint density at radius 2 is 1.80 bits per heavy atom. The minimum Gasteiger partial charge on any atom is -0.383 e. The van der Waals surface area contributed by atoms with E-state index in [1.54, 1.807) is 30.2 Å². The van der Waals surface area contributed by atoms with E-state index < -0.39 is 6.10 Å². The molecule has 2 fully saturated rings. The molecule has 0 unspecified atom stereocenters. The highest BCUT2D eigenvalue weighted by atomic mass is 19.1. The van der Waals surface area contributed by atoms with Crippen LogP contribution in [0.25, 0.3) is 11.3 Å². The fourth-order valence-corrected chi connectivity index (χ4v) is 4.40. The molecule has 2 aliphatic rings. The second-order valence-electron chi connectivity index (χ2n) is 9.00. The van der Waals surface area contributed by atoms with E-state index in [-0.39, 0.29) is 23.7 Å². The van der Waals surface area contributed by atoms with Crippen LogP contribution in [0.1, 0.15) is 26.2 Å². The third-order valence-corrected chi connectivity index (χ3v) is 6.55. The standard InChI is InChI=1S/C24H32FN7O3/c1-2-21(33)23(35)31-9-7-19(8-10-31)27-22(34)16-30-11-13-32(14-12-30)24-28-20(15-26-29-24)17-3-5-18(25)6-4-17/h3-6,15,19,21,33H,2,7-14,16H2,1H3,(H,27,34)/t21-/m1/s1. The van der Waals surface area contributed by atoms with Crippen molar-refractivity contribution < 1.29 is 19.1 Å². The highest BCUT2D eigenvalue weighted by Gasteiger charge is 2.28. The molecule has 1 aromatic carbocycles. The summed E-state index contributed by atoms with van der Waals surface area (Å²) in [4.78, 5) is 35.1. The summed E-state index contributed by atoms with van der Waals surface area (Å²) in [5.41, 5.74) is 1.41.